The number of benzene rings is 1. The number of pyridine rings is 1. The van der Waals surface area contributed by atoms with E-state index < -0.39 is 0 Å². The maximum absolute atomic E-state index is 11.9. The molecular weight excluding hydrogens is 322 g/mol. The van der Waals surface area contributed by atoms with Gasteiger partial charge in [-0.3, -0.25) is 9.78 Å². The van der Waals surface area contributed by atoms with Crippen LogP contribution in [0.4, 0.5) is 0 Å². The van der Waals surface area contributed by atoms with Gasteiger partial charge >= 0.3 is 0 Å². The quantitative estimate of drug-likeness (QED) is 0.717. The first-order valence-electron chi connectivity index (χ1n) is 7.60. The molecule has 0 saturated carbocycles. The number of hydrogen-bond acceptors (Lipinski definition) is 5. The third-order valence-corrected chi connectivity index (χ3v) is 4.23. The molecule has 0 aliphatic carbocycles. The van der Waals surface area contributed by atoms with Gasteiger partial charge < -0.3 is 10.1 Å². The van der Waals surface area contributed by atoms with Crippen LogP contribution >= 0.6 is 11.3 Å². The predicted molar refractivity (Wildman–Crippen MR) is 93.7 cm³/mol. The molecule has 122 valence electrons. The summed E-state index contributed by atoms with van der Waals surface area (Å²) < 4.78 is 5.51. The molecule has 0 spiro atoms. The van der Waals surface area contributed by atoms with Gasteiger partial charge in [0, 0.05) is 23.3 Å². The van der Waals surface area contributed by atoms with Gasteiger partial charge in [0.15, 0.2) is 0 Å². The Morgan fingerprint density at radius 3 is 2.71 bits per heavy atom. The molecule has 24 heavy (non-hydrogen) atoms. The van der Waals surface area contributed by atoms with Crippen molar-refractivity contribution in [1.29, 1.82) is 0 Å². The molecule has 5 nitrogen and oxygen atoms in total. The Balaban J connectivity index is 1.42. The number of nitrogens with zero attached hydrogens (tertiary/aromatic N) is 2. The van der Waals surface area contributed by atoms with Crippen LogP contribution in [0.25, 0.3) is 10.6 Å². The first-order valence-corrected chi connectivity index (χ1v) is 8.48. The van der Waals surface area contributed by atoms with Crippen LogP contribution in [0.2, 0.25) is 0 Å². The van der Waals surface area contributed by atoms with Crippen molar-refractivity contribution in [1.82, 2.24) is 15.3 Å². The summed E-state index contributed by atoms with van der Waals surface area (Å²) in [5.74, 6) is 0.719. The molecule has 2 aromatic heterocycles. The maximum atomic E-state index is 11.9. The highest BCUT2D eigenvalue weighted by Gasteiger charge is 2.06. The number of thiazole rings is 1. The number of nitrogens with one attached hydrogen (secondary N) is 1. The van der Waals surface area contributed by atoms with Gasteiger partial charge in [-0.25, -0.2) is 4.98 Å². The molecule has 0 bridgehead atoms. The topological polar surface area (TPSA) is 64.1 Å². The average molecular weight is 339 g/mol. The fourth-order valence-electron chi connectivity index (χ4n) is 2.07. The van der Waals surface area contributed by atoms with Crippen LogP contribution in [0, 0.1) is 0 Å². The van der Waals surface area contributed by atoms with E-state index in [2.05, 4.69) is 15.3 Å². The first kappa shape index (κ1) is 16.1. The summed E-state index contributed by atoms with van der Waals surface area (Å²) in [5.41, 5.74) is 1.88. The average Bonchev–Trinajstić information content (AvgIpc) is 3.11. The zero-order valence-corrected chi connectivity index (χ0v) is 13.8. The highest BCUT2D eigenvalue weighted by atomic mass is 32.1. The summed E-state index contributed by atoms with van der Waals surface area (Å²) in [5, 5.41) is 5.74. The van der Waals surface area contributed by atoms with Crippen LogP contribution in [0.1, 0.15) is 12.1 Å². The van der Waals surface area contributed by atoms with E-state index in [1.165, 1.54) is 0 Å². The Kier molecular flexibility index (Phi) is 5.52. The summed E-state index contributed by atoms with van der Waals surface area (Å²) in [4.78, 5) is 20.4. The first-order chi connectivity index (χ1) is 11.8. The maximum Gasteiger partial charge on any atom is 0.223 e. The normalized spacial score (nSPS) is 10.3. The third kappa shape index (κ3) is 4.63. The monoisotopic (exact) mass is 339 g/mol. The molecule has 1 aromatic carbocycles. The summed E-state index contributed by atoms with van der Waals surface area (Å²) in [6.45, 7) is 0.779. The van der Waals surface area contributed by atoms with Crippen molar-refractivity contribution in [2.75, 3.05) is 6.61 Å². The van der Waals surface area contributed by atoms with Gasteiger partial charge in [0.25, 0.3) is 0 Å². The standard InChI is InChI=1S/C18H17N3O2S/c22-17(8-11-23-16-4-2-1-3-5-16)20-12-15-13-24-18(21-15)14-6-9-19-10-7-14/h1-7,9-10,13H,8,11-12H2,(H,20,22). The van der Waals surface area contributed by atoms with E-state index in [-0.39, 0.29) is 5.91 Å². The molecule has 0 unspecified atom stereocenters. The van der Waals surface area contributed by atoms with Crippen molar-refractivity contribution in [3.05, 3.63) is 65.9 Å². The molecule has 3 aromatic rings. The van der Waals surface area contributed by atoms with Gasteiger partial charge in [0.2, 0.25) is 5.91 Å². The Bertz CT molecular complexity index is 775. The van der Waals surface area contributed by atoms with Crippen LogP contribution < -0.4 is 10.1 Å². The highest BCUT2D eigenvalue weighted by molar-refractivity contribution is 7.13. The van der Waals surface area contributed by atoms with Crippen molar-refractivity contribution >= 4 is 17.2 Å². The number of carbonyl (C=O) groups excluding carboxylic acids is 1. The second kappa shape index (κ2) is 8.21. The lowest BCUT2D eigenvalue weighted by molar-refractivity contribution is -0.121. The van der Waals surface area contributed by atoms with Crippen LogP contribution in [-0.2, 0) is 11.3 Å². The van der Waals surface area contributed by atoms with Gasteiger partial charge in [-0.15, -0.1) is 11.3 Å². The van der Waals surface area contributed by atoms with Crippen LogP contribution in [0.3, 0.4) is 0 Å². The lowest BCUT2D eigenvalue weighted by atomic mass is 10.3. The molecule has 0 saturated heterocycles. The van der Waals surface area contributed by atoms with Crippen molar-refractivity contribution in [2.24, 2.45) is 0 Å². The van der Waals surface area contributed by atoms with E-state index in [0.717, 1.165) is 22.0 Å². The van der Waals surface area contributed by atoms with E-state index in [0.29, 0.717) is 19.6 Å². The SMILES string of the molecule is O=C(CCOc1ccccc1)NCc1csc(-c2ccncc2)n1. The smallest absolute Gasteiger partial charge is 0.223 e. The number of hydrogen-bond donors (Lipinski definition) is 1. The molecule has 0 aliphatic rings. The zero-order valence-electron chi connectivity index (χ0n) is 13.0. The minimum Gasteiger partial charge on any atom is -0.493 e. The fraction of sp³-hybridized carbons (Fsp3) is 0.167. The lowest BCUT2D eigenvalue weighted by Gasteiger charge is -2.06. The number of para-hydroxylation sites is 1. The van der Waals surface area contributed by atoms with E-state index >= 15 is 0 Å². The number of aromatic nitrogens is 2. The molecule has 0 radical (unpaired) electrons. The van der Waals surface area contributed by atoms with E-state index in [9.17, 15) is 4.79 Å². The van der Waals surface area contributed by atoms with Crippen molar-refractivity contribution in [3.8, 4) is 16.3 Å². The van der Waals surface area contributed by atoms with Crippen molar-refractivity contribution < 1.29 is 9.53 Å². The predicted octanol–water partition coefficient (Wildman–Crippen LogP) is 3.29. The second-order valence-electron chi connectivity index (χ2n) is 5.07. The third-order valence-electron chi connectivity index (χ3n) is 3.29. The molecule has 6 heteroatoms. The molecule has 0 fully saturated rings. The van der Waals surface area contributed by atoms with E-state index in [1.54, 1.807) is 23.7 Å². The number of amides is 1. The summed E-state index contributed by atoms with van der Waals surface area (Å²) in [6, 6.07) is 13.3. The van der Waals surface area contributed by atoms with Gasteiger partial charge in [-0.1, -0.05) is 18.2 Å². The van der Waals surface area contributed by atoms with E-state index in [1.807, 2.05) is 47.8 Å². The van der Waals surface area contributed by atoms with Gasteiger partial charge in [-0.05, 0) is 24.3 Å². The summed E-state index contributed by atoms with van der Waals surface area (Å²) in [6.07, 6.45) is 3.80. The number of ether oxygens (including phenoxy) is 1. The summed E-state index contributed by atoms with van der Waals surface area (Å²) in [7, 11) is 0. The molecule has 1 N–H and O–H groups in total. The minimum atomic E-state index is -0.0515. The van der Waals surface area contributed by atoms with E-state index in [4.69, 9.17) is 4.74 Å². The molecule has 3 rings (SSSR count). The Labute approximate surface area is 144 Å². The lowest BCUT2D eigenvalue weighted by Crippen LogP contribution is -2.24. The van der Waals surface area contributed by atoms with Gasteiger partial charge in [-0.2, -0.15) is 0 Å². The van der Waals surface area contributed by atoms with Crippen LogP contribution in [0.5, 0.6) is 5.75 Å². The molecule has 0 aliphatic heterocycles. The van der Waals surface area contributed by atoms with Crippen molar-refractivity contribution in [2.45, 2.75) is 13.0 Å². The molecule has 2 heterocycles. The molecule has 1 amide bonds. The summed E-state index contributed by atoms with van der Waals surface area (Å²) >= 11 is 1.55. The molecular formula is C18H17N3O2S. The Morgan fingerprint density at radius 1 is 1.12 bits per heavy atom. The van der Waals surface area contributed by atoms with Crippen LogP contribution in [-0.4, -0.2) is 22.5 Å². The van der Waals surface area contributed by atoms with Crippen molar-refractivity contribution in [3.63, 3.8) is 0 Å². The highest BCUT2D eigenvalue weighted by Crippen LogP contribution is 2.22. The Morgan fingerprint density at radius 2 is 1.92 bits per heavy atom. The van der Waals surface area contributed by atoms with Gasteiger partial charge in [0.1, 0.15) is 10.8 Å². The Hall–Kier alpha value is -2.73. The minimum absolute atomic E-state index is 0.0515. The largest absolute Gasteiger partial charge is 0.493 e. The fourth-order valence-corrected chi connectivity index (χ4v) is 2.90. The zero-order chi connectivity index (χ0) is 16.6. The second-order valence-corrected chi connectivity index (χ2v) is 5.93. The number of rotatable bonds is 7. The van der Waals surface area contributed by atoms with Gasteiger partial charge in [0.05, 0.1) is 25.3 Å². The molecule has 0 atom stereocenters. The number of carbonyl (C=O) groups is 1. The van der Waals surface area contributed by atoms with Crippen LogP contribution in [0.15, 0.2) is 60.2 Å².